The van der Waals surface area contributed by atoms with E-state index >= 15 is 0 Å². The smallest absolute Gasteiger partial charge is 0.307 e. The van der Waals surface area contributed by atoms with E-state index in [0.29, 0.717) is 17.1 Å². The van der Waals surface area contributed by atoms with Gasteiger partial charge in [0.25, 0.3) is 0 Å². The summed E-state index contributed by atoms with van der Waals surface area (Å²) in [4.78, 5) is 23.6. The van der Waals surface area contributed by atoms with Crippen LogP contribution in [-0.2, 0) is 9.59 Å². The number of carbonyl (C=O) groups excluding carboxylic acids is 1. The molecule has 1 aliphatic carbocycles. The Labute approximate surface area is 122 Å². The lowest BCUT2D eigenvalue weighted by Gasteiger charge is -2.26. The zero-order chi connectivity index (χ0) is 14.7. The number of amides is 1. The van der Waals surface area contributed by atoms with E-state index in [1.807, 2.05) is 25.1 Å². The molecule has 1 amide bonds. The minimum absolute atomic E-state index is 0.274. The summed E-state index contributed by atoms with van der Waals surface area (Å²) < 4.78 is 0. The van der Waals surface area contributed by atoms with Crippen molar-refractivity contribution in [3.05, 3.63) is 40.9 Å². The highest BCUT2D eigenvalue weighted by atomic mass is 35.5. The number of anilines is 1. The van der Waals surface area contributed by atoms with E-state index in [0.717, 1.165) is 5.56 Å². The van der Waals surface area contributed by atoms with Gasteiger partial charge in [0.05, 0.1) is 11.8 Å². The normalized spacial score (nSPS) is 22.0. The van der Waals surface area contributed by atoms with Crippen molar-refractivity contribution in [2.24, 2.45) is 11.8 Å². The first-order valence-corrected chi connectivity index (χ1v) is 6.80. The van der Waals surface area contributed by atoms with Crippen LogP contribution >= 0.6 is 11.6 Å². The molecule has 0 radical (unpaired) electrons. The third kappa shape index (κ3) is 3.20. The summed E-state index contributed by atoms with van der Waals surface area (Å²) in [5.74, 6) is -2.61. The minimum Gasteiger partial charge on any atom is -0.481 e. The minimum atomic E-state index is -0.963. The number of hydrogen-bond acceptors (Lipinski definition) is 2. The van der Waals surface area contributed by atoms with Crippen LogP contribution in [0.5, 0.6) is 0 Å². The highest BCUT2D eigenvalue weighted by Crippen LogP contribution is 2.33. The number of carboxylic acids is 1. The van der Waals surface area contributed by atoms with E-state index in [-0.39, 0.29) is 12.3 Å². The predicted octanol–water partition coefficient (Wildman–Crippen LogP) is 3.17. The summed E-state index contributed by atoms with van der Waals surface area (Å²) in [5, 5.41) is 12.6. The number of para-hydroxylation sites is 1. The second-order valence-corrected chi connectivity index (χ2v) is 5.43. The van der Waals surface area contributed by atoms with Crippen LogP contribution < -0.4 is 5.32 Å². The van der Waals surface area contributed by atoms with Gasteiger partial charge in [0, 0.05) is 10.7 Å². The number of halogens is 1. The molecule has 2 atom stereocenters. The maximum Gasteiger partial charge on any atom is 0.307 e. The van der Waals surface area contributed by atoms with Crippen LogP contribution in [0.2, 0.25) is 0 Å². The van der Waals surface area contributed by atoms with Gasteiger partial charge >= 0.3 is 5.97 Å². The van der Waals surface area contributed by atoms with E-state index in [1.165, 1.54) is 0 Å². The molecule has 5 heteroatoms. The molecule has 0 aliphatic heterocycles. The Morgan fingerprint density at radius 1 is 1.30 bits per heavy atom. The molecule has 106 valence electrons. The van der Waals surface area contributed by atoms with Crippen molar-refractivity contribution in [1.29, 1.82) is 0 Å². The molecule has 2 N–H and O–H groups in total. The molecule has 0 saturated heterocycles. The van der Waals surface area contributed by atoms with Crippen LogP contribution in [0.4, 0.5) is 5.69 Å². The molecule has 0 bridgehead atoms. The fourth-order valence-electron chi connectivity index (χ4n) is 2.34. The van der Waals surface area contributed by atoms with Crippen LogP contribution in [0.15, 0.2) is 35.4 Å². The molecular formula is C15H16ClNO3. The predicted molar refractivity (Wildman–Crippen MR) is 77.6 cm³/mol. The summed E-state index contributed by atoms with van der Waals surface area (Å²) in [6.45, 7) is 1.89. The lowest BCUT2D eigenvalue weighted by atomic mass is 9.82. The van der Waals surface area contributed by atoms with Crippen LogP contribution in [0, 0.1) is 18.8 Å². The molecule has 2 rings (SSSR count). The van der Waals surface area contributed by atoms with E-state index in [1.54, 1.807) is 12.1 Å². The zero-order valence-corrected chi connectivity index (χ0v) is 11.9. The Morgan fingerprint density at radius 3 is 2.65 bits per heavy atom. The summed E-state index contributed by atoms with van der Waals surface area (Å²) in [5.41, 5.74) is 1.64. The quantitative estimate of drug-likeness (QED) is 0.899. The second-order valence-electron chi connectivity index (χ2n) is 4.95. The van der Waals surface area contributed by atoms with Crippen molar-refractivity contribution >= 4 is 29.2 Å². The molecule has 4 nitrogen and oxygen atoms in total. The standard InChI is InChI=1S/C15H16ClNO3/c1-9-4-2-3-5-13(9)17-14(18)12-8-10(16)6-7-11(12)15(19)20/h2-6,11-12H,7-8H2,1H3,(H,17,18)(H,19,20)/t11-,12-/m0/s1. The van der Waals surface area contributed by atoms with Gasteiger partial charge in [0.1, 0.15) is 0 Å². The fraction of sp³-hybridized carbons (Fsp3) is 0.333. The van der Waals surface area contributed by atoms with Crippen molar-refractivity contribution in [2.45, 2.75) is 19.8 Å². The van der Waals surface area contributed by atoms with E-state index < -0.39 is 17.8 Å². The Kier molecular flexibility index (Phi) is 4.45. The molecule has 1 aromatic carbocycles. The molecule has 1 aromatic rings. The largest absolute Gasteiger partial charge is 0.481 e. The Bertz CT molecular complexity index is 568. The first-order chi connectivity index (χ1) is 9.49. The van der Waals surface area contributed by atoms with Crippen molar-refractivity contribution in [3.63, 3.8) is 0 Å². The van der Waals surface area contributed by atoms with Gasteiger partial charge in [0.15, 0.2) is 0 Å². The molecule has 0 spiro atoms. The monoisotopic (exact) mass is 293 g/mol. The van der Waals surface area contributed by atoms with E-state index in [2.05, 4.69) is 5.32 Å². The number of carbonyl (C=O) groups is 2. The van der Waals surface area contributed by atoms with Gasteiger partial charge in [0.2, 0.25) is 5.91 Å². The number of benzene rings is 1. The molecule has 1 aliphatic rings. The molecular weight excluding hydrogens is 278 g/mol. The highest BCUT2D eigenvalue weighted by Gasteiger charge is 2.36. The van der Waals surface area contributed by atoms with Gasteiger partial charge in [-0.25, -0.2) is 0 Å². The maximum absolute atomic E-state index is 12.3. The average molecular weight is 294 g/mol. The zero-order valence-electron chi connectivity index (χ0n) is 11.1. The summed E-state index contributed by atoms with van der Waals surface area (Å²) in [6.07, 6.45) is 2.24. The molecule has 0 heterocycles. The van der Waals surface area contributed by atoms with Crippen molar-refractivity contribution in [3.8, 4) is 0 Å². The van der Waals surface area contributed by atoms with Crippen LogP contribution in [0.1, 0.15) is 18.4 Å². The average Bonchev–Trinajstić information content (AvgIpc) is 2.40. The third-order valence-corrected chi connectivity index (χ3v) is 3.86. The fourth-order valence-corrected chi connectivity index (χ4v) is 2.60. The lowest BCUT2D eigenvalue weighted by molar-refractivity contribution is -0.146. The maximum atomic E-state index is 12.3. The number of nitrogens with one attached hydrogen (secondary N) is 1. The Hall–Kier alpha value is -1.81. The van der Waals surface area contributed by atoms with Crippen LogP contribution in [0.25, 0.3) is 0 Å². The van der Waals surface area contributed by atoms with Crippen LogP contribution in [-0.4, -0.2) is 17.0 Å². The SMILES string of the molecule is Cc1ccccc1NC(=O)[C@H]1CC(Cl)=CC[C@@H]1C(=O)O. The molecule has 0 saturated carbocycles. The van der Waals surface area contributed by atoms with Gasteiger partial charge in [-0.05, 0) is 31.4 Å². The Morgan fingerprint density at radius 2 is 2.00 bits per heavy atom. The highest BCUT2D eigenvalue weighted by molar-refractivity contribution is 6.29. The van der Waals surface area contributed by atoms with E-state index in [9.17, 15) is 14.7 Å². The lowest BCUT2D eigenvalue weighted by Crippen LogP contribution is -2.35. The van der Waals surface area contributed by atoms with Gasteiger partial charge in [-0.1, -0.05) is 35.9 Å². The first-order valence-electron chi connectivity index (χ1n) is 6.43. The van der Waals surface area contributed by atoms with Gasteiger partial charge in [-0.2, -0.15) is 0 Å². The van der Waals surface area contributed by atoms with Gasteiger partial charge in [-0.15, -0.1) is 0 Å². The summed E-state index contributed by atoms with van der Waals surface area (Å²) in [7, 11) is 0. The van der Waals surface area contributed by atoms with Crippen LogP contribution in [0.3, 0.4) is 0 Å². The van der Waals surface area contributed by atoms with Crippen molar-refractivity contribution in [1.82, 2.24) is 0 Å². The molecule has 0 fully saturated rings. The van der Waals surface area contributed by atoms with Gasteiger partial charge in [-0.3, -0.25) is 9.59 Å². The van der Waals surface area contributed by atoms with E-state index in [4.69, 9.17) is 11.6 Å². The number of allylic oxidation sites excluding steroid dienone is 2. The topological polar surface area (TPSA) is 66.4 Å². The summed E-state index contributed by atoms with van der Waals surface area (Å²) >= 11 is 5.95. The number of rotatable bonds is 3. The van der Waals surface area contributed by atoms with Crippen molar-refractivity contribution in [2.75, 3.05) is 5.32 Å². The third-order valence-electron chi connectivity index (χ3n) is 3.55. The number of aliphatic carboxylic acids is 1. The number of hydrogen-bond donors (Lipinski definition) is 2. The molecule has 0 aromatic heterocycles. The second kappa shape index (κ2) is 6.09. The van der Waals surface area contributed by atoms with Crippen molar-refractivity contribution < 1.29 is 14.7 Å². The Balaban J connectivity index is 2.17. The number of carboxylic acid groups (broad SMARTS) is 1. The molecule has 0 unspecified atom stereocenters. The van der Waals surface area contributed by atoms with Gasteiger partial charge < -0.3 is 10.4 Å². The first kappa shape index (κ1) is 14.6. The number of aryl methyl sites for hydroxylation is 1. The summed E-state index contributed by atoms with van der Waals surface area (Å²) in [6, 6.07) is 7.39. The molecule has 20 heavy (non-hydrogen) atoms.